The molecule has 3 N–H and O–H groups in total. The van der Waals surface area contributed by atoms with Crippen molar-refractivity contribution in [3.8, 4) is 22.4 Å². The first-order chi connectivity index (χ1) is 9.59. The van der Waals surface area contributed by atoms with E-state index in [9.17, 15) is 4.39 Å². The van der Waals surface area contributed by atoms with E-state index in [4.69, 9.17) is 21.8 Å². The van der Waals surface area contributed by atoms with E-state index in [1.54, 1.807) is 18.2 Å². The molecule has 20 heavy (non-hydrogen) atoms. The van der Waals surface area contributed by atoms with Gasteiger partial charge in [-0.25, -0.2) is 4.39 Å². The van der Waals surface area contributed by atoms with Crippen LogP contribution in [0.4, 0.5) is 10.2 Å². The number of hydrogen-bond acceptors (Lipinski definition) is 3. The van der Waals surface area contributed by atoms with Crippen LogP contribution in [0.2, 0.25) is 5.02 Å². The topological polar surface area (TPSA) is 67.8 Å². The molecule has 3 rings (SSSR count). The van der Waals surface area contributed by atoms with Crippen LogP contribution in [0.25, 0.3) is 22.4 Å². The number of nitrogen functional groups attached to an aromatic ring is 1. The van der Waals surface area contributed by atoms with Crippen molar-refractivity contribution in [3.63, 3.8) is 0 Å². The van der Waals surface area contributed by atoms with Gasteiger partial charge < -0.3 is 10.2 Å². The first-order valence-corrected chi connectivity index (χ1v) is 6.78. The number of halogens is 3. The van der Waals surface area contributed by atoms with Crippen molar-refractivity contribution < 1.29 is 8.81 Å². The van der Waals surface area contributed by atoms with Gasteiger partial charge in [0, 0.05) is 5.56 Å². The number of nitrogens with two attached hydrogens (primary N) is 1. The third-order valence-corrected chi connectivity index (χ3v) is 3.81. The lowest BCUT2D eigenvalue weighted by atomic mass is 10.0. The average molecular weight is 357 g/mol. The standard InChI is InChI=1S/C13H8BrClFN3O/c14-12-7(4-5-20-12)11-9(13(17)19-18-11)6-2-1-3-8(15)10(6)16/h1-5H,(H3,17,18,19). The fourth-order valence-corrected chi connectivity index (χ4v) is 2.61. The number of aromatic amines is 1. The highest BCUT2D eigenvalue weighted by Crippen LogP contribution is 2.40. The Balaban J connectivity index is 2.27. The fraction of sp³-hybridized carbons (Fsp3) is 0. The van der Waals surface area contributed by atoms with Crippen LogP contribution in [0, 0.1) is 5.82 Å². The lowest BCUT2D eigenvalue weighted by molar-refractivity contribution is 0.542. The van der Waals surface area contributed by atoms with Gasteiger partial charge in [-0.3, -0.25) is 5.10 Å². The number of H-pyrrole nitrogens is 1. The second-order valence-corrected chi connectivity index (χ2v) is 5.20. The molecule has 3 aromatic rings. The number of aromatic nitrogens is 2. The largest absolute Gasteiger partial charge is 0.457 e. The monoisotopic (exact) mass is 355 g/mol. The molecule has 2 aromatic heterocycles. The molecule has 0 amide bonds. The van der Waals surface area contributed by atoms with Crippen LogP contribution in [-0.2, 0) is 0 Å². The average Bonchev–Trinajstić information content (AvgIpc) is 2.99. The molecule has 0 bridgehead atoms. The summed E-state index contributed by atoms with van der Waals surface area (Å²) in [4.78, 5) is 0. The second kappa shape index (κ2) is 4.96. The number of furan rings is 1. The quantitative estimate of drug-likeness (QED) is 0.711. The third kappa shape index (κ3) is 2.01. The zero-order valence-electron chi connectivity index (χ0n) is 9.95. The molecule has 0 saturated heterocycles. The van der Waals surface area contributed by atoms with Crippen LogP contribution in [0.1, 0.15) is 0 Å². The van der Waals surface area contributed by atoms with Crippen molar-refractivity contribution in [1.29, 1.82) is 0 Å². The van der Waals surface area contributed by atoms with Crippen LogP contribution in [0.3, 0.4) is 0 Å². The Kier molecular flexibility index (Phi) is 3.27. The highest BCUT2D eigenvalue weighted by Gasteiger charge is 2.21. The minimum atomic E-state index is -0.539. The number of nitrogens with one attached hydrogen (secondary N) is 1. The van der Waals surface area contributed by atoms with Gasteiger partial charge in [0.25, 0.3) is 0 Å². The van der Waals surface area contributed by atoms with Crippen LogP contribution in [0.5, 0.6) is 0 Å². The maximum Gasteiger partial charge on any atom is 0.178 e. The van der Waals surface area contributed by atoms with E-state index in [0.717, 1.165) is 0 Å². The molecule has 102 valence electrons. The lowest BCUT2D eigenvalue weighted by Gasteiger charge is -2.06. The molecule has 1 aromatic carbocycles. The highest BCUT2D eigenvalue weighted by atomic mass is 79.9. The maximum atomic E-state index is 14.2. The molecule has 0 fully saturated rings. The second-order valence-electron chi connectivity index (χ2n) is 4.07. The first-order valence-electron chi connectivity index (χ1n) is 5.61. The Hall–Kier alpha value is -1.79. The van der Waals surface area contributed by atoms with E-state index < -0.39 is 5.82 Å². The molecule has 0 atom stereocenters. The summed E-state index contributed by atoms with van der Waals surface area (Å²) < 4.78 is 19.9. The predicted molar refractivity (Wildman–Crippen MR) is 78.8 cm³/mol. The zero-order valence-corrected chi connectivity index (χ0v) is 12.3. The van der Waals surface area contributed by atoms with E-state index in [2.05, 4.69) is 26.1 Å². The number of anilines is 1. The first kappa shape index (κ1) is 13.2. The third-order valence-electron chi connectivity index (χ3n) is 2.90. The Labute approximate surface area is 126 Å². The van der Waals surface area contributed by atoms with Crippen LogP contribution < -0.4 is 5.73 Å². The van der Waals surface area contributed by atoms with E-state index in [1.807, 2.05) is 0 Å². The van der Waals surface area contributed by atoms with Crippen molar-refractivity contribution in [2.75, 3.05) is 5.73 Å². The lowest BCUT2D eigenvalue weighted by Crippen LogP contribution is -1.92. The summed E-state index contributed by atoms with van der Waals surface area (Å²) in [6, 6.07) is 6.45. The smallest absolute Gasteiger partial charge is 0.178 e. The minimum absolute atomic E-state index is 0.0281. The van der Waals surface area contributed by atoms with Gasteiger partial charge in [0.15, 0.2) is 10.5 Å². The van der Waals surface area contributed by atoms with Crippen LogP contribution in [0.15, 0.2) is 39.6 Å². The maximum absolute atomic E-state index is 14.2. The molecular formula is C13H8BrClFN3O. The van der Waals surface area contributed by atoms with Gasteiger partial charge in [0.05, 0.1) is 28.1 Å². The van der Waals surface area contributed by atoms with Crippen molar-refractivity contribution in [3.05, 3.63) is 46.0 Å². The summed E-state index contributed by atoms with van der Waals surface area (Å²) in [5, 5.41) is 6.76. The summed E-state index contributed by atoms with van der Waals surface area (Å²) in [5.41, 5.74) is 7.84. The van der Waals surface area contributed by atoms with E-state index in [-0.39, 0.29) is 16.4 Å². The molecule has 7 heteroatoms. The number of hydrogen-bond donors (Lipinski definition) is 2. The van der Waals surface area contributed by atoms with E-state index in [0.29, 0.717) is 21.5 Å². The number of nitrogens with zero attached hydrogens (tertiary/aromatic N) is 1. The van der Waals surface area contributed by atoms with Gasteiger partial charge in [-0.15, -0.1) is 0 Å². The Morgan fingerprint density at radius 2 is 2.10 bits per heavy atom. The molecule has 0 aliphatic heterocycles. The van der Waals surface area contributed by atoms with E-state index >= 15 is 0 Å². The summed E-state index contributed by atoms with van der Waals surface area (Å²) in [7, 11) is 0. The molecule has 0 aliphatic rings. The Bertz CT molecular complexity index is 784. The molecule has 0 saturated carbocycles. The van der Waals surface area contributed by atoms with Gasteiger partial charge >= 0.3 is 0 Å². The Morgan fingerprint density at radius 3 is 2.80 bits per heavy atom. The minimum Gasteiger partial charge on any atom is -0.457 e. The van der Waals surface area contributed by atoms with Gasteiger partial charge in [0.2, 0.25) is 0 Å². The fourth-order valence-electron chi connectivity index (χ4n) is 1.99. The van der Waals surface area contributed by atoms with Crippen LogP contribution >= 0.6 is 27.5 Å². The molecular weight excluding hydrogens is 349 g/mol. The highest BCUT2D eigenvalue weighted by molar-refractivity contribution is 9.10. The summed E-state index contributed by atoms with van der Waals surface area (Å²) >= 11 is 9.09. The van der Waals surface area contributed by atoms with Crippen molar-refractivity contribution in [2.45, 2.75) is 0 Å². The summed E-state index contributed by atoms with van der Waals surface area (Å²) in [5.74, 6) is -0.350. The van der Waals surface area contributed by atoms with Crippen molar-refractivity contribution in [2.24, 2.45) is 0 Å². The van der Waals surface area contributed by atoms with Crippen molar-refractivity contribution in [1.82, 2.24) is 10.2 Å². The zero-order chi connectivity index (χ0) is 14.3. The number of rotatable bonds is 2. The summed E-state index contributed by atoms with van der Waals surface area (Å²) in [6.45, 7) is 0. The molecule has 2 heterocycles. The van der Waals surface area contributed by atoms with Gasteiger partial charge in [0.1, 0.15) is 5.82 Å². The normalized spacial score (nSPS) is 10.9. The molecule has 0 aliphatic carbocycles. The van der Waals surface area contributed by atoms with Gasteiger partial charge in [-0.1, -0.05) is 23.7 Å². The SMILES string of the molecule is Nc1n[nH]c(-c2ccoc2Br)c1-c1cccc(Cl)c1F. The molecule has 0 radical (unpaired) electrons. The molecule has 0 unspecified atom stereocenters. The van der Waals surface area contributed by atoms with Gasteiger partial charge in [-0.05, 0) is 28.1 Å². The Morgan fingerprint density at radius 1 is 1.30 bits per heavy atom. The predicted octanol–water partition coefficient (Wildman–Crippen LogP) is 4.47. The van der Waals surface area contributed by atoms with Crippen LogP contribution in [-0.4, -0.2) is 10.2 Å². The molecule has 4 nitrogen and oxygen atoms in total. The van der Waals surface area contributed by atoms with Crippen molar-refractivity contribution >= 4 is 33.3 Å². The summed E-state index contributed by atoms with van der Waals surface area (Å²) in [6.07, 6.45) is 1.51. The van der Waals surface area contributed by atoms with E-state index in [1.165, 1.54) is 12.3 Å². The number of benzene rings is 1. The molecule has 0 spiro atoms. The van der Waals surface area contributed by atoms with Gasteiger partial charge in [-0.2, -0.15) is 5.10 Å².